The molecule has 0 bridgehead atoms. The molecule has 0 fully saturated rings. The van der Waals surface area contributed by atoms with Crippen LogP contribution in [0, 0.1) is 18.4 Å². The van der Waals surface area contributed by atoms with Gasteiger partial charge in [0.1, 0.15) is 11.8 Å². The molecule has 0 aliphatic heterocycles. The van der Waals surface area contributed by atoms with Crippen LogP contribution in [0.2, 0.25) is 0 Å². The molecule has 1 N–H and O–H groups in total. The van der Waals surface area contributed by atoms with Gasteiger partial charge in [-0.05, 0) is 17.7 Å². The van der Waals surface area contributed by atoms with E-state index in [-0.39, 0.29) is 0 Å². The van der Waals surface area contributed by atoms with E-state index in [9.17, 15) is 0 Å². The molecule has 1 radical (unpaired) electrons. The van der Waals surface area contributed by atoms with Crippen LogP contribution in [0.15, 0.2) is 18.3 Å². The molecule has 0 aromatic carbocycles. The van der Waals surface area contributed by atoms with Crippen LogP contribution in [0.25, 0.3) is 0 Å². The molecule has 0 saturated carbocycles. The lowest BCUT2D eigenvalue weighted by atomic mass is 10.2. The van der Waals surface area contributed by atoms with E-state index in [0.717, 1.165) is 5.56 Å². The highest BCUT2D eigenvalue weighted by Crippen LogP contribution is 1.99. The van der Waals surface area contributed by atoms with E-state index in [1.54, 1.807) is 12.3 Å². The number of rotatable bonds is 2. The molecule has 1 rings (SSSR count). The highest BCUT2D eigenvalue weighted by Gasteiger charge is 1.93. The summed E-state index contributed by atoms with van der Waals surface area (Å²) in [4.78, 5) is 3.83. The third kappa shape index (κ3) is 2.03. The molecular formula is C8H8N3. The molecule has 1 heterocycles. The summed E-state index contributed by atoms with van der Waals surface area (Å²) < 4.78 is 0. The largest absolute Gasteiger partial charge is 0.311 e. The van der Waals surface area contributed by atoms with E-state index in [1.165, 1.54) is 0 Å². The maximum absolute atomic E-state index is 8.48. The van der Waals surface area contributed by atoms with Crippen LogP contribution >= 0.6 is 0 Å². The van der Waals surface area contributed by atoms with Gasteiger partial charge >= 0.3 is 0 Å². The Kier molecular flexibility index (Phi) is 2.59. The summed E-state index contributed by atoms with van der Waals surface area (Å²) in [7, 11) is 3.48. The fourth-order valence-corrected chi connectivity index (χ4v) is 0.790. The van der Waals surface area contributed by atoms with Crippen molar-refractivity contribution >= 4 is 0 Å². The van der Waals surface area contributed by atoms with Gasteiger partial charge in [0.15, 0.2) is 0 Å². The minimum atomic E-state index is 0.442. The molecule has 0 saturated heterocycles. The van der Waals surface area contributed by atoms with Crippen molar-refractivity contribution in [1.82, 2.24) is 10.3 Å². The predicted molar refractivity (Wildman–Crippen MR) is 41.1 cm³/mol. The van der Waals surface area contributed by atoms with Crippen molar-refractivity contribution in [3.63, 3.8) is 0 Å². The average molecular weight is 146 g/mol. The quantitative estimate of drug-likeness (QED) is 0.672. The molecule has 0 amide bonds. The Labute approximate surface area is 65.7 Å². The predicted octanol–water partition coefficient (Wildman–Crippen LogP) is 0.834. The van der Waals surface area contributed by atoms with Crippen molar-refractivity contribution in [1.29, 1.82) is 5.26 Å². The van der Waals surface area contributed by atoms with Gasteiger partial charge in [-0.2, -0.15) is 5.26 Å². The lowest BCUT2D eigenvalue weighted by Crippen LogP contribution is -2.02. The maximum Gasteiger partial charge on any atom is 0.140 e. The first-order valence-corrected chi connectivity index (χ1v) is 3.22. The number of hydrogen-bond donors (Lipinski definition) is 1. The normalized spacial score (nSPS) is 9.09. The highest BCUT2D eigenvalue weighted by molar-refractivity contribution is 5.25. The van der Waals surface area contributed by atoms with Crippen LogP contribution in [0.3, 0.4) is 0 Å². The molecule has 55 valence electrons. The summed E-state index contributed by atoms with van der Waals surface area (Å²) in [6.07, 6.45) is 1.62. The molecule has 1 aromatic rings. The van der Waals surface area contributed by atoms with E-state index >= 15 is 0 Å². The van der Waals surface area contributed by atoms with Crippen molar-refractivity contribution in [2.24, 2.45) is 0 Å². The zero-order valence-electron chi connectivity index (χ0n) is 6.04. The van der Waals surface area contributed by atoms with Gasteiger partial charge in [-0.15, -0.1) is 0 Å². The number of hydrogen-bond acceptors (Lipinski definition) is 3. The third-order valence-corrected chi connectivity index (χ3v) is 1.27. The Morgan fingerprint density at radius 2 is 2.55 bits per heavy atom. The molecule has 0 spiro atoms. The SMILES string of the molecule is [CH2]NCc1ccnc(C#N)c1. The smallest absolute Gasteiger partial charge is 0.140 e. The van der Waals surface area contributed by atoms with Crippen molar-refractivity contribution in [2.45, 2.75) is 6.54 Å². The first-order chi connectivity index (χ1) is 5.36. The summed E-state index contributed by atoms with van der Waals surface area (Å²) >= 11 is 0. The van der Waals surface area contributed by atoms with Crippen LogP contribution in [0.5, 0.6) is 0 Å². The summed E-state index contributed by atoms with van der Waals surface area (Å²) in [5, 5.41) is 11.2. The second-order valence-electron chi connectivity index (χ2n) is 2.09. The Hall–Kier alpha value is -1.40. The molecule has 1 aromatic heterocycles. The third-order valence-electron chi connectivity index (χ3n) is 1.27. The fourth-order valence-electron chi connectivity index (χ4n) is 0.790. The Bertz CT molecular complexity index is 275. The van der Waals surface area contributed by atoms with Crippen LogP contribution < -0.4 is 5.32 Å². The van der Waals surface area contributed by atoms with Crippen molar-refractivity contribution in [2.75, 3.05) is 0 Å². The molecule has 0 atom stereocenters. The van der Waals surface area contributed by atoms with Crippen LogP contribution in [-0.4, -0.2) is 4.98 Å². The van der Waals surface area contributed by atoms with Crippen molar-refractivity contribution < 1.29 is 0 Å². The summed E-state index contributed by atoms with van der Waals surface area (Å²) in [6, 6.07) is 5.55. The standard InChI is InChI=1S/C8H8N3/c1-10-6-7-2-3-11-8(4-7)5-9/h2-4,10H,1,6H2. The van der Waals surface area contributed by atoms with Gasteiger partial charge < -0.3 is 5.32 Å². The maximum atomic E-state index is 8.48. The Balaban J connectivity index is 2.85. The lowest BCUT2D eigenvalue weighted by Gasteiger charge is -1.97. The molecule has 3 nitrogen and oxygen atoms in total. The zero-order chi connectivity index (χ0) is 8.10. The second kappa shape index (κ2) is 3.69. The Morgan fingerprint density at radius 3 is 3.18 bits per heavy atom. The van der Waals surface area contributed by atoms with Crippen LogP contribution in [-0.2, 0) is 6.54 Å². The highest BCUT2D eigenvalue weighted by atomic mass is 14.8. The van der Waals surface area contributed by atoms with Crippen molar-refractivity contribution in [3.8, 4) is 6.07 Å². The number of aromatic nitrogens is 1. The Morgan fingerprint density at radius 1 is 1.73 bits per heavy atom. The number of nitrogens with one attached hydrogen (secondary N) is 1. The molecule has 0 unspecified atom stereocenters. The van der Waals surface area contributed by atoms with E-state index in [1.807, 2.05) is 12.1 Å². The second-order valence-corrected chi connectivity index (χ2v) is 2.09. The molecule has 11 heavy (non-hydrogen) atoms. The molecular weight excluding hydrogens is 138 g/mol. The van der Waals surface area contributed by atoms with Gasteiger partial charge in [-0.25, -0.2) is 4.98 Å². The molecule has 0 aliphatic carbocycles. The van der Waals surface area contributed by atoms with E-state index in [0.29, 0.717) is 12.2 Å². The van der Waals surface area contributed by atoms with Gasteiger partial charge in [-0.1, -0.05) is 0 Å². The first kappa shape index (κ1) is 7.70. The van der Waals surface area contributed by atoms with E-state index < -0.39 is 0 Å². The lowest BCUT2D eigenvalue weighted by molar-refractivity contribution is 0.862. The van der Waals surface area contributed by atoms with E-state index in [2.05, 4.69) is 17.3 Å². The van der Waals surface area contributed by atoms with Crippen molar-refractivity contribution in [3.05, 3.63) is 36.6 Å². The average Bonchev–Trinajstić information content (AvgIpc) is 2.06. The number of nitrogens with zero attached hydrogens (tertiary/aromatic N) is 2. The zero-order valence-corrected chi connectivity index (χ0v) is 6.04. The number of pyridine rings is 1. The monoisotopic (exact) mass is 146 g/mol. The summed E-state index contributed by atoms with van der Waals surface area (Å²) in [5.74, 6) is 0. The van der Waals surface area contributed by atoms with Crippen LogP contribution in [0.1, 0.15) is 11.3 Å². The topological polar surface area (TPSA) is 48.7 Å². The van der Waals surface area contributed by atoms with Gasteiger partial charge in [0.2, 0.25) is 0 Å². The summed E-state index contributed by atoms with van der Waals surface area (Å²) in [6.45, 7) is 0.664. The van der Waals surface area contributed by atoms with Gasteiger partial charge in [0.25, 0.3) is 0 Å². The first-order valence-electron chi connectivity index (χ1n) is 3.22. The number of nitriles is 1. The van der Waals surface area contributed by atoms with Gasteiger partial charge in [0, 0.05) is 19.8 Å². The van der Waals surface area contributed by atoms with Gasteiger partial charge in [-0.3, -0.25) is 0 Å². The molecule has 0 aliphatic rings. The van der Waals surface area contributed by atoms with E-state index in [4.69, 9.17) is 5.26 Å². The molecule has 3 heteroatoms. The minimum absolute atomic E-state index is 0.442. The fraction of sp³-hybridized carbons (Fsp3) is 0.125. The minimum Gasteiger partial charge on any atom is -0.311 e. The van der Waals surface area contributed by atoms with Gasteiger partial charge in [0.05, 0.1) is 0 Å². The van der Waals surface area contributed by atoms with Crippen LogP contribution in [0.4, 0.5) is 0 Å². The summed E-state index contributed by atoms with van der Waals surface area (Å²) in [5.41, 5.74) is 1.46.